The van der Waals surface area contributed by atoms with Crippen molar-refractivity contribution in [2.45, 2.75) is 39.1 Å². The molecular formula is C29H34ClF3N10O5. The number of carbonyl (C=O) groups is 4. The molecule has 0 aliphatic carbocycles. The number of benzene rings is 1. The number of alkyl carbamates (subject to hydrolysis) is 1. The molecule has 2 heterocycles. The van der Waals surface area contributed by atoms with E-state index in [1.54, 1.807) is 26.8 Å². The first kappa shape index (κ1) is 37.3. The van der Waals surface area contributed by atoms with Crippen LogP contribution in [0.3, 0.4) is 0 Å². The molecule has 0 fully saturated rings. The average molecular weight is 695 g/mol. The molecule has 19 heteroatoms. The number of ether oxygens (including phenoxy) is 1. The number of hydrogen-bond donors (Lipinski definition) is 5. The summed E-state index contributed by atoms with van der Waals surface area (Å²) in [6.07, 6.45) is -3.26. The molecule has 258 valence electrons. The molecule has 0 atom stereocenters. The Morgan fingerprint density at radius 2 is 1.71 bits per heavy atom. The van der Waals surface area contributed by atoms with Gasteiger partial charge in [-0.1, -0.05) is 11.6 Å². The van der Waals surface area contributed by atoms with Gasteiger partial charge < -0.3 is 35.9 Å². The van der Waals surface area contributed by atoms with Gasteiger partial charge in [-0.15, -0.1) is 0 Å². The minimum atomic E-state index is -4.81. The normalized spacial score (nSPS) is 11.4. The number of nitriles is 1. The van der Waals surface area contributed by atoms with Gasteiger partial charge in [0.2, 0.25) is 5.91 Å². The van der Waals surface area contributed by atoms with Crippen molar-refractivity contribution in [1.82, 2.24) is 40.6 Å². The smallest absolute Gasteiger partial charge is 0.435 e. The highest BCUT2D eigenvalue weighted by Crippen LogP contribution is 2.36. The molecule has 4 amide bonds. The average Bonchev–Trinajstić information content (AvgIpc) is 3.57. The lowest BCUT2D eigenvalue weighted by molar-refractivity contribution is -0.141. The predicted molar refractivity (Wildman–Crippen MR) is 167 cm³/mol. The molecule has 3 aromatic rings. The molecule has 0 saturated carbocycles. The van der Waals surface area contributed by atoms with E-state index in [1.807, 2.05) is 0 Å². The van der Waals surface area contributed by atoms with E-state index in [1.165, 1.54) is 25.2 Å². The van der Waals surface area contributed by atoms with Crippen LogP contribution >= 0.6 is 11.6 Å². The molecule has 0 spiro atoms. The van der Waals surface area contributed by atoms with Crippen LogP contribution in [0, 0.1) is 11.3 Å². The van der Waals surface area contributed by atoms with Gasteiger partial charge in [-0.05, 0) is 39.0 Å². The van der Waals surface area contributed by atoms with E-state index in [4.69, 9.17) is 21.6 Å². The number of aromatic nitrogens is 4. The topological polar surface area (TPSA) is 197 Å². The minimum absolute atomic E-state index is 0.0119. The predicted octanol–water partition coefficient (Wildman–Crippen LogP) is 2.69. The van der Waals surface area contributed by atoms with E-state index >= 15 is 0 Å². The lowest BCUT2D eigenvalue weighted by Gasteiger charge is -2.19. The van der Waals surface area contributed by atoms with Crippen molar-refractivity contribution in [1.29, 1.82) is 5.26 Å². The van der Waals surface area contributed by atoms with Gasteiger partial charge in [0.1, 0.15) is 12.1 Å². The summed E-state index contributed by atoms with van der Waals surface area (Å²) in [4.78, 5) is 53.0. The molecule has 0 bridgehead atoms. The summed E-state index contributed by atoms with van der Waals surface area (Å²) >= 11 is 6.28. The number of carbonyl (C=O) groups excluding carboxylic acids is 4. The summed E-state index contributed by atoms with van der Waals surface area (Å²) in [7, 11) is 1.35. The van der Waals surface area contributed by atoms with Crippen LogP contribution in [0.5, 0.6) is 0 Å². The van der Waals surface area contributed by atoms with E-state index in [0.717, 1.165) is 21.6 Å². The van der Waals surface area contributed by atoms with Crippen molar-refractivity contribution in [3.8, 4) is 17.3 Å². The number of amides is 4. The lowest BCUT2D eigenvalue weighted by Crippen LogP contribution is -2.41. The number of hydrogen-bond acceptors (Lipinski definition) is 9. The Kier molecular flexibility index (Phi) is 12.5. The Labute approximate surface area is 278 Å². The second kappa shape index (κ2) is 16.1. The first-order valence-corrected chi connectivity index (χ1v) is 14.7. The molecule has 0 unspecified atom stereocenters. The summed E-state index contributed by atoms with van der Waals surface area (Å²) in [5.41, 5.74) is -1.95. The quantitative estimate of drug-likeness (QED) is 0.167. The number of imidazole rings is 1. The van der Waals surface area contributed by atoms with Crippen molar-refractivity contribution >= 4 is 41.1 Å². The van der Waals surface area contributed by atoms with Crippen LogP contribution in [0.2, 0.25) is 5.02 Å². The zero-order valence-electron chi connectivity index (χ0n) is 26.4. The Hall–Kier alpha value is -5.15. The number of alkyl halides is 3. The minimum Gasteiger partial charge on any atom is -0.444 e. The molecule has 48 heavy (non-hydrogen) atoms. The van der Waals surface area contributed by atoms with Crippen LogP contribution < -0.4 is 26.6 Å². The highest BCUT2D eigenvalue weighted by atomic mass is 35.5. The summed E-state index contributed by atoms with van der Waals surface area (Å²) in [5.74, 6) is -1.80. The second-order valence-electron chi connectivity index (χ2n) is 11.1. The fourth-order valence-corrected chi connectivity index (χ4v) is 4.38. The molecule has 15 nitrogen and oxygen atoms in total. The zero-order valence-corrected chi connectivity index (χ0v) is 27.2. The van der Waals surface area contributed by atoms with Crippen LogP contribution in [0.4, 0.5) is 23.7 Å². The highest BCUT2D eigenvalue weighted by molar-refractivity contribution is 6.34. The fraction of sp³-hybridized carbons (Fsp3) is 0.414. The SMILES string of the molecule is Cn1c(-c2cn(CC#N)nc2C(F)(F)F)cnc1C(=O)Nc1ccc(C(=O)NCCNCC(=O)NCCNC(=O)OC(C)(C)C)c(Cl)c1. The Bertz CT molecular complexity index is 1690. The molecule has 2 aromatic heterocycles. The van der Waals surface area contributed by atoms with Gasteiger partial charge in [0.25, 0.3) is 11.8 Å². The summed E-state index contributed by atoms with van der Waals surface area (Å²) < 4.78 is 47.9. The molecule has 5 N–H and O–H groups in total. The van der Waals surface area contributed by atoms with E-state index in [9.17, 15) is 32.3 Å². The molecule has 3 rings (SSSR count). The van der Waals surface area contributed by atoms with Crippen molar-refractivity contribution in [2.24, 2.45) is 7.05 Å². The Morgan fingerprint density at radius 1 is 1.02 bits per heavy atom. The van der Waals surface area contributed by atoms with Gasteiger partial charge >= 0.3 is 12.3 Å². The molecule has 1 aromatic carbocycles. The van der Waals surface area contributed by atoms with Gasteiger partial charge in [0.05, 0.1) is 40.7 Å². The van der Waals surface area contributed by atoms with Crippen molar-refractivity contribution in [2.75, 3.05) is 38.0 Å². The number of halogens is 4. The molecule has 0 aliphatic heterocycles. The number of anilines is 1. The maximum Gasteiger partial charge on any atom is 0.435 e. The molecular weight excluding hydrogens is 661 g/mol. The number of nitrogens with one attached hydrogen (secondary N) is 5. The van der Waals surface area contributed by atoms with Crippen molar-refractivity contribution in [3.63, 3.8) is 0 Å². The standard InChI is InChI=1S/C29H34ClF3N10O5/c1-28(2,3)48-27(47)38-11-10-36-22(44)15-35-8-9-37-25(45)18-6-5-17(13-20(18)30)40-26(46)24-39-14-21(42(24)4)19-16-43(12-7-34)41-23(19)29(31,32)33/h5-6,13-14,16,35H,8-12,15H2,1-4H3,(H,36,44)(H,37,45)(H,38,47)(H,40,46). The molecule has 0 saturated heterocycles. The molecule has 0 aliphatic rings. The van der Waals surface area contributed by atoms with Crippen LogP contribution in [0.15, 0.2) is 30.6 Å². The van der Waals surface area contributed by atoms with Crippen molar-refractivity contribution in [3.05, 3.63) is 52.7 Å². The van der Waals surface area contributed by atoms with E-state index in [-0.39, 0.29) is 72.0 Å². The lowest BCUT2D eigenvalue weighted by atomic mass is 10.2. The van der Waals surface area contributed by atoms with Crippen LogP contribution in [0.25, 0.3) is 11.3 Å². The van der Waals surface area contributed by atoms with Gasteiger partial charge in [-0.2, -0.15) is 23.5 Å². The van der Waals surface area contributed by atoms with Crippen LogP contribution in [0.1, 0.15) is 47.4 Å². The number of nitrogens with zero attached hydrogens (tertiary/aromatic N) is 5. The summed E-state index contributed by atoms with van der Waals surface area (Å²) in [6.45, 7) is 5.59. The maximum atomic E-state index is 13.6. The van der Waals surface area contributed by atoms with Crippen LogP contribution in [-0.2, 0) is 29.3 Å². The van der Waals surface area contributed by atoms with Crippen molar-refractivity contribution < 1.29 is 37.1 Å². The van der Waals surface area contributed by atoms with Gasteiger partial charge in [0, 0.05) is 45.1 Å². The van der Waals surface area contributed by atoms with Gasteiger partial charge in [0.15, 0.2) is 11.5 Å². The van der Waals surface area contributed by atoms with Gasteiger partial charge in [-0.3, -0.25) is 19.1 Å². The summed E-state index contributed by atoms with van der Waals surface area (Å²) in [5, 5.41) is 25.5. The molecule has 0 radical (unpaired) electrons. The first-order valence-electron chi connectivity index (χ1n) is 14.4. The second-order valence-corrected chi connectivity index (χ2v) is 11.5. The van der Waals surface area contributed by atoms with E-state index in [0.29, 0.717) is 0 Å². The number of rotatable bonds is 13. The third-order valence-electron chi connectivity index (χ3n) is 6.19. The Balaban J connectivity index is 1.47. The monoisotopic (exact) mass is 694 g/mol. The van der Waals surface area contributed by atoms with E-state index in [2.05, 4.69) is 36.7 Å². The van der Waals surface area contributed by atoms with E-state index < -0.39 is 41.9 Å². The Morgan fingerprint density at radius 3 is 2.35 bits per heavy atom. The zero-order chi connectivity index (χ0) is 35.6. The summed E-state index contributed by atoms with van der Waals surface area (Å²) in [6, 6.07) is 5.84. The first-order chi connectivity index (χ1) is 22.5. The van der Waals surface area contributed by atoms with Gasteiger partial charge in [-0.25, -0.2) is 9.78 Å². The third-order valence-corrected chi connectivity index (χ3v) is 6.50. The largest absolute Gasteiger partial charge is 0.444 e. The fourth-order valence-electron chi connectivity index (χ4n) is 4.11. The van der Waals surface area contributed by atoms with Crippen LogP contribution in [-0.4, -0.2) is 81.5 Å². The third kappa shape index (κ3) is 10.7. The maximum absolute atomic E-state index is 13.6. The highest BCUT2D eigenvalue weighted by Gasteiger charge is 2.38.